The number of hydrogen-bond acceptors (Lipinski definition) is 2. The van der Waals surface area contributed by atoms with E-state index in [1.807, 2.05) is 0 Å². The summed E-state index contributed by atoms with van der Waals surface area (Å²) in [7, 11) is 0. The first-order valence-electron chi connectivity index (χ1n) is 5.76. The summed E-state index contributed by atoms with van der Waals surface area (Å²) in [6, 6.07) is 0. The van der Waals surface area contributed by atoms with E-state index in [9.17, 15) is 31.1 Å². The molecule has 20 heavy (non-hydrogen) atoms. The third-order valence-corrected chi connectivity index (χ3v) is 3.07. The van der Waals surface area contributed by atoms with Crippen LogP contribution >= 0.6 is 0 Å². The summed E-state index contributed by atoms with van der Waals surface area (Å²) in [5, 5.41) is 0. The van der Waals surface area contributed by atoms with E-state index >= 15 is 0 Å². The summed E-state index contributed by atoms with van der Waals surface area (Å²) in [5.41, 5.74) is -0.614. The fourth-order valence-electron chi connectivity index (χ4n) is 1.85. The van der Waals surface area contributed by atoms with Crippen molar-refractivity contribution in [3.63, 3.8) is 0 Å². The maximum absolute atomic E-state index is 13.4. The molecule has 1 aliphatic carbocycles. The van der Waals surface area contributed by atoms with Crippen molar-refractivity contribution in [2.75, 3.05) is 6.61 Å². The van der Waals surface area contributed by atoms with Gasteiger partial charge in [-0.1, -0.05) is 17.7 Å². The highest BCUT2D eigenvalue weighted by Crippen LogP contribution is 2.43. The van der Waals surface area contributed by atoms with Crippen LogP contribution in [0, 0.1) is 0 Å². The molecule has 2 atom stereocenters. The van der Waals surface area contributed by atoms with E-state index in [0.29, 0.717) is 24.7 Å². The first-order chi connectivity index (χ1) is 9.13. The minimum Gasteiger partial charge on any atom is -0.373 e. The molecule has 2 aliphatic rings. The maximum Gasteiger partial charge on any atom is 0.456 e. The molecule has 2 rings (SSSR count). The molecule has 112 valence electrons. The Morgan fingerprint density at radius 2 is 1.85 bits per heavy atom. The molecule has 0 aromatic heterocycles. The van der Waals surface area contributed by atoms with Gasteiger partial charge in [0.05, 0.1) is 12.7 Å². The standard InChI is InChI=1S/C12H10F6O2/c13-10(11(14,15)12(16,17)18)8-2-1-6(4-9(8)19)3-7-5-20-7/h1-2,7,10H,3-5H2. The highest BCUT2D eigenvalue weighted by Gasteiger charge is 2.64. The van der Waals surface area contributed by atoms with Crippen molar-refractivity contribution >= 4 is 5.78 Å². The fourth-order valence-corrected chi connectivity index (χ4v) is 1.85. The number of carbonyl (C=O) groups is 1. The van der Waals surface area contributed by atoms with E-state index in [2.05, 4.69) is 0 Å². The molecule has 0 radical (unpaired) electrons. The molecule has 0 N–H and O–H groups in total. The Labute approximate surface area is 110 Å². The summed E-state index contributed by atoms with van der Waals surface area (Å²) in [6.07, 6.45) is -7.85. The lowest BCUT2D eigenvalue weighted by atomic mass is 9.90. The van der Waals surface area contributed by atoms with E-state index in [4.69, 9.17) is 4.74 Å². The Balaban J connectivity index is 2.17. The number of epoxide rings is 1. The number of allylic oxidation sites excluding steroid dienone is 3. The molecule has 0 bridgehead atoms. The quantitative estimate of drug-likeness (QED) is 0.589. The lowest BCUT2D eigenvalue weighted by Gasteiger charge is -2.25. The maximum atomic E-state index is 13.4. The van der Waals surface area contributed by atoms with Crippen LogP contribution in [0.5, 0.6) is 0 Å². The first kappa shape index (κ1) is 15.1. The number of alkyl halides is 6. The van der Waals surface area contributed by atoms with Crippen LogP contribution in [0.2, 0.25) is 0 Å². The zero-order valence-corrected chi connectivity index (χ0v) is 10.0. The van der Waals surface area contributed by atoms with E-state index in [1.165, 1.54) is 6.08 Å². The summed E-state index contributed by atoms with van der Waals surface area (Å²) >= 11 is 0. The average molecular weight is 300 g/mol. The van der Waals surface area contributed by atoms with Gasteiger partial charge in [0.1, 0.15) is 0 Å². The van der Waals surface area contributed by atoms with E-state index in [-0.39, 0.29) is 12.5 Å². The Kier molecular flexibility index (Phi) is 3.70. The third kappa shape index (κ3) is 2.89. The minimum atomic E-state index is -6.04. The zero-order chi connectivity index (χ0) is 15.1. The molecule has 0 spiro atoms. The monoisotopic (exact) mass is 300 g/mol. The number of ether oxygens (including phenoxy) is 1. The largest absolute Gasteiger partial charge is 0.456 e. The number of carbonyl (C=O) groups excluding carboxylic acids is 1. The van der Waals surface area contributed by atoms with Crippen LogP contribution in [-0.2, 0) is 9.53 Å². The number of halogens is 6. The lowest BCUT2D eigenvalue weighted by Crippen LogP contribution is -2.47. The summed E-state index contributed by atoms with van der Waals surface area (Å²) in [6.45, 7) is 0.514. The second kappa shape index (κ2) is 4.91. The third-order valence-electron chi connectivity index (χ3n) is 3.07. The number of Topliss-reactive ketones (excluding diaryl/α,β-unsaturated/α-hetero) is 1. The van der Waals surface area contributed by atoms with Gasteiger partial charge in [0.25, 0.3) is 0 Å². The fraction of sp³-hybridized carbons (Fsp3) is 0.583. The summed E-state index contributed by atoms with van der Waals surface area (Å²) < 4.78 is 80.2. The van der Waals surface area contributed by atoms with E-state index < -0.39 is 29.6 Å². The second-order valence-corrected chi connectivity index (χ2v) is 4.69. The van der Waals surface area contributed by atoms with Gasteiger partial charge in [0, 0.05) is 12.0 Å². The highest BCUT2D eigenvalue weighted by atomic mass is 19.4. The van der Waals surface area contributed by atoms with E-state index in [0.717, 1.165) is 0 Å². The van der Waals surface area contributed by atoms with Gasteiger partial charge < -0.3 is 4.74 Å². The van der Waals surface area contributed by atoms with Gasteiger partial charge in [-0.2, -0.15) is 22.0 Å². The molecule has 2 nitrogen and oxygen atoms in total. The molecule has 0 saturated carbocycles. The van der Waals surface area contributed by atoms with Crippen molar-refractivity contribution in [2.45, 2.75) is 37.2 Å². The van der Waals surface area contributed by atoms with Gasteiger partial charge in [-0.3, -0.25) is 4.79 Å². The lowest BCUT2D eigenvalue weighted by molar-refractivity contribution is -0.298. The van der Waals surface area contributed by atoms with Crippen molar-refractivity contribution in [3.8, 4) is 0 Å². The predicted octanol–water partition coefficient (Wildman–Crippen LogP) is 3.14. The van der Waals surface area contributed by atoms with Gasteiger partial charge in [-0.25, -0.2) is 4.39 Å². The topological polar surface area (TPSA) is 29.6 Å². The van der Waals surface area contributed by atoms with Gasteiger partial charge in [-0.05, 0) is 6.42 Å². The summed E-state index contributed by atoms with van der Waals surface area (Å²) in [5.74, 6) is -6.64. The highest BCUT2D eigenvalue weighted by molar-refractivity contribution is 5.99. The SMILES string of the molecule is O=C1CC(CC2CO2)=CC=C1C(F)C(F)(F)C(F)(F)F. The van der Waals surface area contributed by atoms with Crippen molar-refractivity contribution in [1.29, 1.82) is 0 Å². The van der Waals surface area contributed by atoms with Crippen LogP contribution in [0.4, 0.5) is 26.3 Å². The van der Waals surface area contributed by atoms with Gasteiger partial charge in [0.2, 0.25) is 6.17 Å². The average Bonchev–Trinajstić information content (AvgIpc) is 3.10. The molecule has 0 aromatic rings. The van der Waals surface area contributed by atoms with Crippen LogP contribution in [0.1, 0.15) is 12.8 Å². The first-order valence-corrected chi connectivity index (χ1v) is 5.76. The Morgan fingerprint density at radius 1 is 1.25 bits per heavy atom. The van der Waals surface area contributed by atoms with Crippen molar-refractivity contribution in [3.05, 3.63) is 23.3 Å². The molecule has 1 fully saturated rings. The van der Waals surface area contributed by atoms with Crippen LogP contribution in [0.25, 0.3) is 0 Å². The van der Waals surface area contributed by atoms with Gasteiger partial charge in [0.15, 0.2) is 5.78 Å². The molecule has 0 aromatic carbocycles. The number of ketones is 1. The van der Waals surface area contributed by atoms with Crippen LogP contribution in [0.15, 0.2) is 23.3 Å². The predicted molar refractivity (Wildman–Crippen MR) is 56.0 cm³/mol. The Morgan fingerprint density at radius 3 is 2.30 bits per heavy atom. The zero-order valence-electron chi connectivity index (χ0n) is 10.0. The smallest absolute Gasteiger partial charge is 0.373 e. The van der Waals surface area contributed by atoms with Crippen molar-refractivity contribution < 1.29 is 35.9 Å². The molecular weight excluding hydrogens is 290 g/mol. The van der Waals surface area contributed by atoms with Crippen molar-refractivity contribution in [1.82, 2.24) is 0 Å². The number of hydrogen-bond donors (Lipinski definition) is 0. The van der Waals surface area contributed by atoms with Crippen LogP contribution < -0.4 is 0 Å². The minimum absolute atomic E-state index is 0.0539. The van der Waals surface area contributed by atoms with Crippen LogP contribution in [0.3, 0.4) is 0 Å². The molecule has 8 heteroatoms. The Hall–Kier alpha value is -1.31. The van der Waals surface area contributed by atoms with Crippen LogP contribution in [-0.4, -0.2) is 36.8 Å². The summed E-state index contributed by atoms with van der Waals surface area (Å²) in [4.78, 5) is 11.5. The number of rotatable bonds is 4. The molecule has 2 unspecified atom stereocenters. The Bertz CT molecular complexity index is 473. The molecule has 0 amide bonds. The molecule has 1 aliphatic heterocycles. The second-order valence-electron chi connectivity index (χ2n) is 4.69. The van der Waals surface area contributed by atoms with Crippen molar-refractivity contribution in [2.24, 2.45) is 0 Å². The van der Waals surface area contributed by atoms with Gasteiger partial charge >= 0.3 is 12.1 Å². The van der Waals surface area contributed by atoms with E-state index in [1.54, 1.807) is 0 Å². The van der Waals surface area contributed by atoms with Gasteiger partial charge in [-0.15, -0.1) is 0 Å². The molecule has 1 heterocycles. The normalized spacial score (nSPS) is 25.1. The molecule has 1 saturated heterocycles. The molecular formula is C12H10F6O2.